The van der Waals surface area contributed by atoms with Crippen molar-refractivity contribution in [1.29, 1.82) is 0 Å². The maximum atomic E-state index is 12.2. The number of hydrogen-bond acceptors (Lipinski definition) is 3. The molecule has 3 nitrogen and oxygen atoms in total. The second-order valence-corrected chi connectivity index (χ2v) is 6.05. The summed E-state index contributed by atoms with van der Waals surface area (Å²) in [6, 6.07) is 5.81. The number of halogens is 1. The molecule has 1 atom stereocenters. The highest BCUT2D eigenvalue weighted by Gasteiger charge is 2.44. The Hall–Kier alpha value is -1.06. The molecular weight excluding hydrogens is 262 g/mol. The zero-order chi connectivity index (χ0) is 14.0. The van der Waals surface area contributed by atoms with E-state index < -0.39 is 5.54 Å². The first kappa shape index (κ1) is 14.4. The first-order valence-electron chi connectivity index (χ1n) is 6.57. The lowest BCUT2D eigenvalue weighted by Crippen LogP contribution is -2.54. The minimum Gasteiger partial charge on any atom is -0.468 e. The van der Waals surface area contributed by atoms with Crippen LogP contribution in [0.3, 0.4) is 0 Å². The first-order valence-corrected chi connectivity index (χ1v) is 6.95. The van der Waals surface area contributed by atoms with E-state index in [0.29, 0.717) is 23.8 Å². The van der Waals surface area contributed by atoms with Gasteiger partial charge in [0.15, 0.2) is 0 Å². The number of carbonyl (C=O) groups excluding carboxylic acids is 1. The number of hydrogen-bond donors (Lipinski definition) is 1. The van der Waals surface area contributed by atoms with E-state index in [2.05, 4.69) is 19.2 Å². The SMILES string of the molecule is COC(=O)C1(NCC(C)C)Cc2ccc(Cl)cc2C1. The molecule has 104 valence electrons. The lowest BCUT2D eigenvalue weighted by atomic mass is 9.95. The number of benzene rings is 1. The Bertz CT molecular complexity index is 487. The monoisotopic (exact) mass is 281 g/mol. The highest BCUT2D eigenvalue weighted by molar-refractivity contribution is 6.30. The van der Waals surface area contributed by atoms with E-state index in [-0.39, 0.29) is 5.97 Å². The maximum Gasteiger partial charge on any atom is 0.326 e. The number of fused-ring (bicyclic) bond motifs is 1. The van der Waals surface area contributed by atoms with Gasteiger partial charge < -0.3 is 10.1 Å². The third-order valence-corrected chi connectivity index (χ3v) is 3.81. The smallest absolute Gasteiger partial charge is 0.326 e. The fraction of sp³-hybridized carbons (Fsp3) is 0.533. The molecule has 0 heterocycles. The van der Waals surface area contributed by atoms with Crippen molar-refractivity contribution >= 4 is 17.6 Å². The van der Waals surface area contributed by atoms with E-state index >= 15 is 0 Å². The average molecular weight is 282 g/mol. The zero-order valence-electron chi connectivity index (χ0n) is 11.6. The molecule has 0 aromatic heterocycles. The summed E-state index contributed by atoms with van der Waals surface area (Å²) in [4.78, 5) is 12.2. The van der Waals surface area contributed by atoms with Gasteiger partial charge >= 0.3 is 5.97 Å². The van der Waals surface area contributed by atoms with Crippen LogP contribution in [0, 0.1) is 5.92 Å². The first-order chi connectivity index (χ1) is 8.97. The normalized spacial score (nSPS) is 21.5. The molecule has 1 aliphatic carbocycles. The third-order valence-electron chi connectivity index (χ3n) is 3.58. The predicted molar refractivity (Wildman–Crippen MR) is 76.4 cm³/mol. The van der Waals surface area contributed by atoms with Gasteiger partial charge in [-0.15, -0.1) is 0 Å². The summed E-state index contributed by atoms with van der Waals surface area (Å²) in [5, 5.41) is 4.11. The zero-order valence-corrected chi connectivity index (χ0v) is 12.4. The summed E-state index contributed by atoms with van der Waals surface area (Å²) in [6.07, 6.45) is 1.31. The Balaban J connectivity index is 2.26. The largest absolute Gasteiger partial charge is 0.468 e. The van der Waals surface area contributed by atoms with Crippen LogP contribution in [0.5, 0.6) is 0 Å². The molecule has 0 fully saturated rings. The molecule has 0 spiro atoms. The predicted octanol–water partition coefficient (Wildman–Crippen LogP) is 2.60. The number of ether oxygens (including phenoxy) is 1. The van der Waals surface area contributed by atoms with Crippen molar-refractivity contribution in [2.75, 3.05) is 13.7 Å². The van der Waals surface area contributed by atoms with Gasteiger partial charge in [0.05, 0.1) is 7.11 Å². The van der Waals surface area contributed by atoms with Crippen LogP contribution in [0.1, 0.15) is 25.0 Å². The Morgan fingerprint density at radius 2 is 2.11 bits per heavy atom. The molecule has 19 heavy (non-hydrogen) atoms. The number of nitrogens with one attached hydrogen (secondary N) is 1. The number of rotatable bonds is 4. The van der Waals surface area contributed by atoms with Gasteiger partial charge in [0.2, 0.25) is 0 Å². The van der Waals surface area contributed by atoms with Crippen LogP contribution in [-0.2, 0) is 22.4 Å². The standard InChI is InChI=1S/C15H20ClNO2/c1-10(2)9-17-15(14(18)19-3)7-11-4-5-13(16)6-12(11)8-15/h4-6,10,17H,7-9H2,1-3H3. The molecule has 0 radical (unpaired) electrons. The van der Waals surface area contributed by atoms with Crippen molar-refractivity contribution in [3.63, 3.8) is 0 Å². The van der Waals surface area contributed by atoms with Crippen LogP contribution in [0.2, 0.25) is 5.02 Å². The van der Waals surface area contributed by atoms with E-state index in [1.165, 1.54) is 12.7 Å². The van der Waals surface area contributed by atoms with Crippen molar-refractivity contribution in [3.05, 3.63) is 34.3 Å². The Morgan fingerprint density at radius 1 is 1.42 bits per heavy atom. The lowest BCUT2D eigenvalue weighted by molar-refractivity contribution is -0.148. The van der Waals surface area contributed by atoms with Gasteiger partial charge in [-0.05, 0) is 35.7 Å². The van der Waals surface area contributed by atoms with Crippen molar-refractivity contribution < 1.29 is 9.53 Å². The Kier molecular flexibility index (Phi) is 4.16. The maximum absolute atomic E-state index is 12.2. The molecule has 4 heteroatoms. The van der Waals surface area contributed by atoms with Crippen LogP contribution in [0.25, 0.3) is 0 Å². The van der Waals surface area contributed by atoms with E-state index in [4.69, 9.17) is 16.3 Å². The molecule has 0 bridgehead atoms. The Morgan fingerprint density at radius 3 is 2.74 bits per heavy atom. The van der Waals surface area contributed by atoms with Crippen molar-refractivity contribution in [1.82, 2.24) is 5.32 Å². The molecule has 0 saturated heterocycles. The van der Waals surface area contributed by atoms with Gasteiger partial charge in [-0.2, -0.15) is 0 Å². The highest BCUT2D eigenvalue weighted by atomic mass is 35.5. The molecule has 1 aromatic carbocycles. The molecule has 0 aliphatic heterocycles. The molecule has 1 aromatic rings. The van der Waals surface area contributed by atoms with Crippen LogP contribution in [0.15, 0.2) is 18.2 Å². The second kappa shape index (κ2) is 5.51. The molecule has 1 N–H and O–H groups in total. The van der Waals surface area contributed by atoms with Gasteiger partial charge in [-0.3, -0.25) is 4.79 Å². The third kappa shape index (κ3) is 2.93. The average Bonchev–Trinajstić information content (AvgIpc) is 2.74. The van der Waals surface area contributed by atoms with Crippen LogP contribution in [0.4, 0.5) is 0 Å². The molecule has 1 unspecified atom stereocenters. The summed E-state index contributed by atoms with van der Waals surface area (Å²) in [7, 11) is 1.44. The molecule has 0 saturated carbocycles. The number of esters is 1. The van der Waals surface area contributed by atoms with Crippen molar-refractivity contribution in [2.24, 2.45) is 5.92 Å². The van der Waals surface area contributed by atoms with E-state index in [0.717, 1.165) is 12.1 Å². The minimum atomic E-state index is -0.633. The summed E-state index contributed by atoms with van der Waals surface area (Å²) in [5.74, 6) is 0.286. The second-order valence-electron chi connectivity index (χ2n) is 5.62. The highest BCUT2D eigenvalue weighted by Crippen LogP contribution is 2.33. The van der Waals surface area contributed by atoms with Gasteiger partial charge in [-0.1, -0.05) is 31.5 Å². The quantitative estimate of drug-likeness (QED) is 0.862. The van der Waals surface area contributed by atoms with Gasteiger partial charge in [-0.25, -0.2) is 0 Å². The number of carbonyl (C=O) groups is 1. The fourth-order valence-corrected chi connectivity index (χ4v) is 2.78. The summed E-state index contributed by atoms with van der Waals surface area (Å²) < 4.78 is 5.00. The summed E-state index contributed by atoms with van der Waals surface area (Å²) >= 11 is 6.02. The molecule has 2 rings (SSSR count). The topological polar surface area (TPSA) is 38.3 Å². The summed E-state index contributed by atoms with van der Waals surface area (Å²) in [6.45, 7) is 5.03. The lowest BCUT2D eigenvalue weighted by Gasteiger charge is -2.28. The van der Waals surface area contributed by atoms with E-state index in [1.807, 2.05) is 18.2 Å². The number of methoxy groups -OCH3 is 1. The fourth-order valence-electron chi connectivity index (χ4n) is 2.58. The van der Waals surface area contributed by atoms with Crippen LogP contribution >= 0.6 is 11.6 Å². The Labute approximate surface area is 119 Å². The summed E-state index contributed by atoms with van der Waals surface area (Å²) in [5.41, 5.74) is 1.67. The minimum absolute atomic E-state index is 0.194. The van der Waals surface area contributed by atoms with Crippen LogP contribution < -0.4 is 5.32 Å². The van der Waals surface area contributed by atoms with Crippen LogP contribution in [-0.4, -0.2) is 25.2 Å². The van der Waals surface area contributed by atoms with Gasteiger partial charge in [0, 0.05) is 17.9 Å². The van der Waals surface area contributed by atoms with E-state index in [9.17, 15) is 4.79 Å². The molecular formula is C15H20ClNO2. The molecule has 0 amide bonds. The van der Waals surface area contributed by atoms with Crippen molar-refractivity contribution in [2.45, 2.75) is 32.2 Å². The molecule has 1 aliphatic rings. The van der Waals surface area contributed by atoms with E-state index in [1.54, 1.807) is 0 Å². The van der Waals surface area contributed by atoms with Crippen molar-refractivity contribution in [3.8, 4) is 0 Å². The van der Waals surface area contributed by atoms with Gasteiger partial charge in [0.25, 0.3) is 0 Å². The van der Waals surface area contributed by atoms with Gasteiger partial charge in [0.1, 0.15) is 5.54 Å².